The van der Waals surface area contributed by atoms with Crippen molar-refractivity contribution in [1.82, 2.24) is 10.2 Å². The molecule has 0 aromatic heterocycles. The first-order chi connectivity index (χ1) is 11.4. The molecule has 1 heterocycles. The number of ether oxygens (including phenoxy) is 1. The lowest BCUT2D eigenvalue weighted by Gasteiger charge is -2.12. The number of amides is 3. The molecule has 1 aliphatic heterocycles. The number of carbonyl (C=O) groups is 4. The van der Waals surface area contributed by atoms with Gasteiger partial charge in [-0.05, 0) is 32.0 Å². The number of benzene rings is 1. The quantitative estimate of drug-likeness (QED) is 0.480. The van der Waals surface area contributed by atoms with E-state index in [9.17, 15) is 19.2 Å². The van der Waals surface area contributed by atoms with Crippen molar-refractivity contribution in [2.45, 2.75) is 20.0 Å². The summed E-state index contributed by atoms with van der Waals surface area (Å²) in [5, 5.41) is 2.55. The van der Waals surface area contributed by atoms with Crippen LogP contribution in [0.1, 0.15) is 44.9 Å². The zero-order chi connectivity index (χ0) is 17.9. The maximum absolute atomic E-state index is 12.2. The molecule has 126 valence electrons. The summed E-state index contributed by atoms with van der Waals surface area (Å²) in [4.78, 5) is 49.1. The van der Waals surface area contributed by atoms with E-state index < -0.39 is 29.8 Å². The molecule has 0 fully saturated rings. The first-order valence-electron chi connectivity index (χ1n) is 7.50. The summed E-state index contributed by atoms with van der Waals surface area (Å²) in [5.41, 5.74) is 0.476. The van der Waals surface area contributed by atoms with E-state index in [4.69, 9.17) is 4.74 Å². The van der Waals surface area contributed by atoms with Gasteiger partial charge in [-0.25, -0.2) is 4.79 Å². The first kappa shape index (κ1) is 17.4. The Bertz CT molecular complexity index is 726. The topological polar surface area (TPSA) is 92.8 Å². The number of hydrogen-bond donors (Lipinski definition) is 1. The minimum atomic E-state index is -0.958. The van der Waals surface area contributed by atoms with Gasteiger partial charge in [-0.1, -0.05) is 6.08 Å². The summed E-state index contributed by atoms with van der Waals surface area (Å²) >= 11 is 0. The molecule has 3 amide bonds. The number of nitrogens with zero attached hydrogens (tertiary/aromatic N) is 1. The van der Waals surface area contributed by atoms with Crippen LogP contribution in [0.15, 0.2) is 30.9 Å². The Kier molecular flexibility index (Phi) is 5.13. The molecule has 7 heteroatoms. The molecule has 0 saturated heterocycles. The third-order valence-corrected chi connectivity index (χ3v) is 3.52. The highest BCUT2D eigenvalue weighted by Crippen LogP contribution is 2.24. The van der Waals surface area contributed by atoms with Crippen molar-refractivity contribution >= 4 is 23.7 Å². The van der Waals surface area contributed by atoms with E-state index in [-0.39, 0.29) is 23.2 Å². The largest absolute Gasteiger partial charge is 0.449 e. The molecule has 0 aliphatic carbocycles. The third-order valence-electron chi connectivity index (χ3n) is 3.52. The molecular weight excluding hydrogens is 312 g/mol. The van der Waals surface area contributed by atoms with Gasteiger partial charge in [0.05, 0.1) is 16.7 Å². The summed E-state index contributed by atoms with van der Waals surface area (Å²) in [5.74, 6) is -2.05. The van der Waals surface area contributed by atoms with E-state index in [0.717, 1.165) is 4.90 Å². The van der Waals surface area contributed by atoms with Crippen LogP contribution in [0.25, 0.3) is 0 Å². The minimum Gasteiger partial charge on any atom is -0.449 e. The second-order valence-corrected chi connectivity index (χ2v) is 5.21. The zero-order valence-electron chi connectivity index (χ0n) is 13.5. The summed E-state index contributed by atoms with van der Waals surface area (Å²) in [6.45, 7) is 7.24. The number of esters is 1. The maximum Gasteiger partial charge on any atom is 0.338 e. The number of carbonyl (C=O) groups excluding carboxylic acids is 4. The summed E-state index contributed by atoms with van der Waals surface area (Å²) in [7, 11) is 0. The Labute approximate surface area is 139 Å². The number of imide groups is 1. The zero-order valence-corrected chi connectivity index (χ0v) is 13.5. The maximum atomic E-state index is 12.2. The molecular formula is C17H18N2O5. The molecule has 0 saturated carbocycles. The van der Waals surface area contributed by atoms with Crippen molar-refractivity contribution in [2.24, 2.45) is 0 Å². The Morgan fingerprint density at radius 1 is 1.29 bits per heavy atom. The SMILES string of the molecule is C=CCN1C(=O)c2ccc(C(=O)O[C@H](C)C(=O)NCC)cc2C1=O. The van der Waals surface area contributed by atoms with E-state index in [1.165, 1.54) is 31.2 Å². The van der Waals surface area contributed by atoms with Crippen molar-refractivity contribution < 1.29 is 23.9 Å². The smallest absolute Gasteiger partial charge is 0.338 e. The monoisotopic (exact) mass is 330 g/mol. The Hall–Kier alpha value is -2.96. The number of fused-ring (bicyclic) bond motifs is 1. The van der Waals surface area contributed by atoms with Crippen LogP contribution in [0.4, 0.5) is 0 Å². The molecule has 0 radical (unpaired) electrons. The van der Waals surface area contributed by atoms with Gasteiger partial charge in [0, 0.05) is 13.1 Å². The lowest BCUT2D eigenvalue weighted by molar-refractivity contribution is -0.128. The normalized spacial score (nSPS) is 14.2. The first-order valence-corrected chi connectivity index (χ1v) is 7.50. The van der Waals surface area contributed by atoms with Crippen molar-refractivity contribution in [1.29, 1.82) is 0 Å². The van der Waals surface area contributed by atoms with Crippen LogP contribution in [-0.4, -0.2) is 47.8 Å². The number of likely N-dealkylation sites (N-methyl/N-ethyl adjacent to an activating group) is 1. The highest BCUT2D eigenvalue weighted by Gasteiger charge is 2.35. The molecule has 0 bridgehead atoms. The van der Waals surface area contributed by atoms with Crippen LogP contribution in [0.3, 0.4) is 0 Å². The minimum absolute atomic E-state index is 0.0976. The van der Waals surface area contributed by atoms with Crippen LogP contribution >= 0.6 is 0 Å². The molecule has 1 atom stereocenters. The predicted molar refractivity (Wildman–Crippen MR) is 85.6 cm³/mol. The Balaban J connectivity index is 2.19. The second kappa shape index (κ2) is 7.08. The second-order valence-electron chi connectivity index (χ2n) is 5.21. The summed E-state index contributed by atoms with van der Waals surface area (Å²) in [6.07, 6.45) is 0.491. The average Bonchev–Trinajstić information content (AvgIpc) is 2.80. The summed E-state index contributed by atoms with van der Waals surface area (Å²) < 4.78 is 5.07. The van der Waals surface area contributed by atoms with Crippen molar-refractivity contribution in [3.05, 3.63) is 47.5 Å². The lowest BCUT2D eigenvalue weighted by atomic mass is 10.1. The van der Waals surface area contributed by atoms with Gasteiger partial charge in [-0.3, -0.25) is 19.3 Å². The molecule has 2 rings (SSSR count). The van der Waals surface area contributed by atoms with Crippen LogP contribution in [0.5, 0.6) is 0 Å². The van der Waals surface area contributed by atoms with E-state index in [0.29, 0.717) is 6.54 Å². The van der Waals surface area contributed by atoms with Crippen LogP contribution in [-0.2, 0) is 9.53 Å². The van der Waals surface area contributed by atoms with Gasteiger partial charge in [0.15, 0.2) is 6.10 Å². The summed E-state index contributed by atoms with van der Waals surface area (Å²) in [6, 6.07) is 4.12. The van der Waals surface area contributed by atoms with Gasteiger partial charge in [-0.15, -0.1) is 6.58 Å². The van der Waals surface area contributed by atoms with E-state index in [1.54, 1.807) is 6.92 Å². The molecule has 1 aromatic rings. The van der Waals surface area contributed by atoms with Crippen molar-refractivity contribution in [3.63, 3.8) is 0 Å². The fourth-order valence-electron chi connectivity index (χ4n) is 2.31. The van der Waals surface area contributed by atoms with Crippen LogP contribution in [0, 0.1) is 0 Å². The molecule has 1 N–H and O–H groups in total. The van der Waals surface area contributed by atoms with Crippen LogP contribution in [0.2, 0.25) is 0 Å². The molecule has 7 nitrogen and oxygen atoms in total. The Morgan fingerprint density at radius 2 is 1.96 bits per heavy atom. The number of nitrogens with one attached hydrogen (secondary N) is 1. The highest BCUT2D eigenvalue weighted by atomic mass is 16.5. The van der Waals surface area contributed by atoms with Gasteiger partial charge in [0.1, 0.15) is 0 Å². The van der Waals surface area contributed by atoms with Crippen molar-refractivity contribution in [3.8, 4) is 0 Å². The van der Waals surface area contributed by atoms with E-state index >= 15 is 0 Å². The van der Waals surface area contributed by atoms with Gasteiger partial charge in [-0.2, -0.15) is 0 Å². The fourth-order valence-corrected chi connectivity index (χ4v) is 2.31. The lowest BCUT2D eigenvalue weighted by Crippen LogP contribution is -2.35. The third kappa shape index (κ3) is 3.19. The van der Waals surface area contributed by atoms with Gasteiger partial charge >= 0.3 is 5.97 Å². The molecule has 24 heavy (non-hydrogen) atoms. The molecule has 0 spiro atoms. The Morgan fingerprint density at radius 3 is 2.58 bits per heavy atom. The molecule has 1 aromatic carbocycles. The van der Waals surface area contributed by atoms with E-state index in [1.807, 2.05) is 0 Å². The molecule has 1 aliphatic rings. The predicted octanol–water partition coefficient (Wildman–Crippen LogP) is 1.15. The number of hydrogen-bond acceptors (Lipinski definition) is 5. The number of rotatable bonds is 6. The fraction of sp³-hybridized carbons (Fsp3) is 0.294. The highest BCUT2D eigenvalue weighted by molar-refractivity contribution is 6.22. The van der Waals surface area contributed by atoms with Gasteiger partial charge in [0.25, 0.3) is 17.7 Å². The van der Waals surface area contributed by atoms with Gasteiger partial charge in [0.2, 0.25) is 0 Å². The molecule has 0 unspecified atom stereocenters. The van der Waals surface area contributed by atoms with Crippen molar-refractivity contribution in [2.75, 3.05) is 13.1 Å². The van der Waals surface area contributed by atoms with Gasteiger partial charge < -0.3 is 10.1 Å². The average molecular weight is 330 g/mol. The standard InChI is InChI=1S/C17H18N2O5/c1-4-8-19-15(21)12-7-6-11(9-13(12)16(19)22)17(23)24-10(3)14(20)18-5-2/h4,6-7,9-10H,1,5,8H2,2-3H3,(H,18,20)/t10-/m1/s1. The van der Waals surface area contributed by atoms with E-state index in [2.05, 4.69) is 11.9 Å². The van der Waals surface area contributed by atoms with Crippen LogP contribution < -0.4 is 5.32 Å².